The summed E-state index contributed by atoms with van der Waals surface area (Å²) in [5, 5.41) is 0. The molecule has 0 aromatic heterocycles. The largest absolute Gasteiger partial charge is 0.438 e. The zero-order chi connectivity index (χ0) is 20.4. The van der Waals surface area contributed by atoms with E-state index in [9.17, 15) is 0 Å². The molecule has 0 atom stereocenters. The molecule has 2 aromatic carbocycles. The van der Waals surface area contributed by atoms with Crippen LogP contribution >= 0.6 is 8.38 Å². The van der Waals surface area contributed by atoms with E-state index in [0.29, 0.717) is 0 Å². The first-order valence-electron chi connectivity index (χ1n) is 9.85. The van der Waals surface area contributed by atoms with Crippen molar-refractivity contribution in [3.05, 3.63) is 84.0 Å². The van der Waals surface area contributed by atoms with Gasteiger partial charge in [0.25, 0.3) is 0 Å². The molecule has 0 unspecified atom stereocenters. The Balaban J connectivity index is 1.95. The van der Waals surface area contributed by atoms with Crippen LogP contribution in [0.1, 0.15) is 52.7 Å². The smallest absolute Gasteiger partial charge is 0.301 e. The topological polar surface area (TPSA) is 18.5 Å². The van der Waals surface area contributed by atoms with Crippen LogP contribution in [0.4, 0.5) is 0 Å². The molecule has 0 amide bonds. The molecule has 0 heterocycles. The van der Waals surface area contributed by atoms with Crippen LogP contribution in [0.2, 0.25) is 0 Å². The number of rotatable bonds is 5. The Bertz CT molecular complexity index is 797. The van der Waals surface area contributed by atoms with Gasteiger partial charge in [0.15, 0.2) is 0 Å². The standard InChI is InChI=1S/C25H31O2P/c1-24(2,3)20-15-9-11-17-22(20)26-28(19-13-7-8-14-19)27-23-18-12-10-16-21(23)25(4,5)6/h7-19H,1-6H3. The van der Waals surface area contributed by atoms with Crippen LogP contribution in [0.15, 0.2) is 72.8 Å². The molecule has 0 saturated heterocycles. The second-order valence-corrected chi connectivity index (χ2v) is 10.8. The van der Waals surface area contributed by atoms with Crippen molar-refractivity contribution in [3.63, 3.8) is 0 Å². The second-order valence-electron chi connectivity index (χ2n) is 9.22. The minimum atomic E-state index is -1.21. The van der Waals surface area contributed by atoms with Gasteiger partial charge in [-0.05, 0) is 34.1 Å². The van der Waals surface area contributed by atoms with Gasteiger partial charge in [-0.3, -0.25) is 0 Å². The van der Waals surface area contributed by atoms with E-state index in [1.807, 2.05) is 12.1 Å². The fraction of sp³-hybridized carbons (Fsp3) is 0.360. The second kappa shape index (κ2) is 8.13. The van der Waals surface area contributed by atoms with Crippen LogP contribution in [0.3, 0.4) is 0 Å². The average Bonchev–Trinajstić information content (AvgIpc) is 3.15. The maximum absolute atomic E-state index is 6.57. The minimum Gasteiger partial charge on any atom is -0.438 e. The Hall–Kier alpha value is -2.05. The molecular weight excluding hydrogens is 363 g/mol. The summed E-state index contributed by atoms with van der Waals surface area (Å²) in [7, 11) is -1.21. The molecule has 2 nitrogen and oxygen atoms in total. The Kier molecular flexibility index (Phi) is 6.01. The van der Waals surface area contributed by atoms with Crippen LogP contribution < -0.4 is 9.05 Å². The van der Waals surface area contributed by atoms with Gasteiger partial charge < -0.3 is 9.05 Å². The summed E-state index contributed by atoms with van der Waals surface area (Å²) in [6.07, 6.45) is 8.45. The quantitative estimate of drug-likeness (QED) is 0.488. The molecule has 2 aromatic rings. The molecular formula is C25H31O2P. The van der Waals surface area contributed by atoms with Crippen molar-refractivity contribution < 1.29 is 9.05 Å². The Morgan fingerprint density at radius 1 is 0.643 bits per heavy atom. The lowest BCUT2D eigenvalue weighted by atomic mass is 9.86. The van der Waals surface area contributed by atoms with Crippen molar-refractivity contribution in [3.8, 4) is 11.5 Å². The van der Waals surface area contributed by atoms with Gasteiger partial charge in [0, 0.05) is 0 Å². The molecule has 1 aliphatic carbocycles. The third-order valence-corrected chi connectivity index (χ3v) is 6.32. The molecule has 0 N–H and O–H groups in total. The SMILES string of the molecule is CC(C)(C)c1ccccc1OP(Oc1ccccc1C(C)(C)C)C1C=CC=C1. The lowest BCUT2D eigenvalue weighted by molar-refractivity contribution is 0.458. The van der Waals surface area contributed by atoms with Crippen molar-refractivity contribution in [1.82, 2.24) is 0 Å². The highest BCUT2D eigenvalue weighted by molar-refractivity contribution is 7.49. The number of benzene rings is 2. The van der Waals surface area contributed by atoms with Gasteiger partial charge in [0.05, 0.1) is 5.66 Å². The average molecular weight is 394 g/mol. The molecule has 3 heteroatoms. The molecule has 0 spiro atoms. The summed E-state index contributed by atoms with van der Waals surface area (Å²) in [5.74, 6) is 1.81. The van der Waals surface area contributed by atoms with Crippen molar-refractivity contribution >= 4 is 8.38 Å². The number of hydrogen-bond acceptors (Lipinski definition) is 2. The van der Waals surface area contributed by atoms with Crippen molar-refractivity contribution in [2.75, 3.05) is 0 Å². The maximum Gasteiger partial charge on any atom is 0.301 e. The fourth-order valence-corrected chi connectivity index (χ4v) is 4.69. The number of hydrogen-bond donors (Lipinski definition) is 0. The maximum atomic E-state index is 6.57. The first-order valence-corrected chi connectivity index (χ1v) is 11.1. The van der Waals surface area contributed by atoms with Crippen molar-refractivity contribution in [1.29, 1.82) is 0 Å². The third kappa shape index (κ3) is 4.86. The highest BCUT2D eigenvalue weighted by Gasteiger charge is 2.29. The zero-order valence-corrected chi connectivity index (χ0v) is 18.7. The van der Waals surface area contributed by atoms with Gasteiger partial charge in [-0.2, -0.15) is 0 Å². The molecule has 28 heavy (non-hydrogen) atoms. The van der Waals surface area contributed by atoms with Gasteiger partial charge in [-0.1, -0.05) is 102 Å². The first kappa shape index (κ1) is 20.7. The molecule has 0 bridgehead atoms. The summed E-state index contributed by atoms with van der Waals surface area (Å²) in [4.78, 5) is 0. The molecule has 0 saturated carbocycles. The fourth-order valence-electron chi connectivity index (χ4n) is 3.23. The number of para-hydroxylation sites is 2. The highest BCUT2D eigenvalue weighted by Crippen LogP contribution is 2.50. The third-order valence-electron chi connectivity index (χ3n) is 4.74. The summed E-state index contributed by atoms with van der Waals surface area (Å²) >= 11 is 0. The van der Waals surface area contributed by atoms with E-state index in [0.717, 1.165) is 11.5 Å². The Morgan fingerprint density at radius 3 is 1.43 bits per heavy atom. The predicted octanol–water partition coefficient (Wildman–Crippen LogP) is 7.55. The lowest BCUT2D eigenvalue weighted by Gasteiger charge is -2.29. The van der Waals surface area contributed by atoms with E-state index in [4.69, 9.17) is 9.05 Å². The molecule has 1 aliphatic rings. The summed E-state index contributed by atoms with van der Waals surface area (Å²) < 4.78 is 13.1. The van der Waals surface area contributed by atoms with E-state index in [2.05, 4.69) is 102 Å². The first-order chi connectivity index (χ1) is 13.2. The highest BCUT2D eigenvalue weighted by atomic mass is 31.2. The lowest BCUT2D eigenvalue weighted by Crippen LogP contribution is -2.16. The normalized spacial score (nSPS) is 14.7. The molecule has 0 fully saturated rings. The van der Waals surface area contributed by atoms with E-state index >= 15 is 0 Å². The van der Waals surface area contributed by atoms with E-state index in [1.165, 1.54) is 11.1 Å². The van der Waals surface area contributed by atoms with Crippen LogP contribution in [0, 0.1) is 0 Å². The van der Waals surface area contributed by atoms with Crippen LogP contribution in [-0.4, -0.2) is 5.66 Å². The van der Waals surface area contributed by atoms with Gasteiger partial charge in [-0.15, -0.1) is 0 Å². The van der Waals surface area contributed by atoms with Crippen molar-refractivity contribution in [2.24, 2.45) is 0 Å². The summed E-state index contributed by atoms with van der Waals surface area (Å²) in [6.45, 7) is 13.3. The summed E-state index contributed by atoms with van der Waals surface area (Å²) in [6, 6.07) is 16.6. The monoisotopic (exact) mass is 394 g/mol. The minimum absolute atomic E-state index is 0.00225. The molecule has 3 rings (SSSR count). The molecule has 0 aliphatic heterocycles. The van der Waals surface area contributed by atoms with E-state index in [-0.39, 0.29) is 16.5 Å². The van der Waals surface area contributed by atoms with Gasteiger partial charge in [0.1, 0.15) is 11.5 Å². The number of allylic oxidation sites excluding steroid dienone is 4. The van der Waals surface area contributed by atoms with Crippen molar-refractivity contribution in [2.45, 2.75) is 58.0 Å². The Morgan fingerprint density at radius 2 is 1.04 bits per heavy atom. The van der Waals surface area contributed by atoms with Gasteiger partial charge in [0.2, 0.25) is 0 Å². The van der Waals surface area contributed by atoms with Gasteiger partial charge in [-0.25, -0.2) is 0 Å². The van der Waals surface area contributed by atoms with Crippen LogP contribution in [0.25, 0.3) is 0 Å². The van der Waals surface area contributed by atoms with Crippen LogP contribution in [-0.2, 0) is 10.8 Å². The van der Waals surface area contributed by atoms with Crippen LogP contribution in [0.5, 0.6) is 11.5 Å². The Labute approximate surface area is 171 Å². The zero-order valence-electron chi connectivity index (χ0n) is 17.8. The molecule has 0 radical (unpaired) electrons. The predicted molar refractivity (Wildman–Crippen MR) is 121 cm³/mol. The summed E-state index contributed by atoms with van der Waals surface area (Å²) in [5.41, 5.74) is 2.53. The molecule has 148 valence electrons. The van der Waals surface area contributed by atoms with E-state index in [1.54, 1.807) is 0 Å². The van der Waals surface area contributed by atoms with Gasteiger partial charge >= 0.3 is 8.38 Å². The van der Waals surface area contributed by atoms with E-state index < -0.39 is 8.38 Å².